The number of nitrogens with zero attached hydrogens (tertiary/aromatic N) is 3. The number of ketones is 1. The van der Waals surface area contributed by atoms with Crippen molar-refractivity contribution >= 4 is 17.8 Å². The Kier molecular flexibility index (Phi) is 7.82. The fraction of sp³-hybridized carbons (Fsp3) is 0.172. The van der Waals surface area contributed by atoms with Crippen LogP contribution in [0, 0.1) is 6.92 Å². The Bertz CT molecular complexity index is 1380. The first kappa shape index (κ1) is 24.8. The van der Waals surface area contributed by atoms with Gasteiger partial charge in [0.2, 0.25) is 5.78 Å². The molecule has 0 amide bonds. The highest BCUT2D eigenvalue weighted by molar-refractivity contribution is 6.07. The maximum atomic E-state index is 13.3. The van der Waals surface area contributed by atoms with Crippen molar-refractivity contribution in [2.75, 3.05) is 0 Å². The molecule has 182 valence electrons. The van der Waals surface area contributed by atoms with E-state index in [0.29, 0.717) is 29.3 Å². The Balaban J connectivity index is 1.55. The number of carbonyl (C=O) groups excluding carboxylic acids is 1. The number of aliphatic carboxylic acids is 1. The first-order chi connectivity index (χ1) is 17.4. The monoisotopic (exact) mass is 481 g/mol. The molecule has 0 saturated heterocycles. The molecule has 0 spiro atoms. The largest absolute Gasteiger partial charge is 0.479 e. The molecule has 1 atom stereocenters. The quantitative estimate of drug-likeness (QED) is 0.313. The molecular weight excluding hydrogens is 454 g/mol. The zero-order valence-corrected chi connectivity index (χ0v) is 20.2. The van der Waals surface area contributed by atoms with Crippen LogP contribution in [0.5, 0.6) is 0 Å². The van der Waals surface area contributed by atoms with Gasteiger partial charge in [-0.3, -0.25) is 9.78 Å². The molecule has 7 heteroatoms. The van der Waals surface area contributed by atoms with E-state index in [1.54, 1.807) is 6.20 Å². The van der Waals surface area contributed by atoms with Crippen LogP contribution in [0.3, 0.4) is 0 Å². The van der Waals surface area contributed by atoms with E-state index in [9.17, 15) is 9.59 Å². The summed E-state index contributed by atoms with van der Waals surface area (Å²) in [5, 5.41) is 8.99. The second-order valence-electron chi connectivity index (χ2n) is 8.45. The molecule has 0 unspecified atom stereocenters. The molecule has 2 aromatic carbocycles. The van der Waals surface area contributed by atoms with Crippen molar-refractivity contribution in [3.05, 3.63) is 113 Å². The second-order valence-corrected chi connectivity index (χ2v) is 8.45. The van der Waals surface area contributed by atoms with Crippen LogP contribution < -0.4 is 0 Å². The van der Waals surface area contributed by atoms with Crippen LogP contribution in [0.15, 0.2) is 85.2 Å². The van der Waals surface area contributed by atoms with Gasteiger partial charge in [0.15, 0.2) is 11.9 Å². The van der Waals surface area contributed by atoms with Crippen LogP contribution in [0.2, 0.25) is 0 Å². The molecule has 4 rings (SSSR count). The predicted octanol–water partition coefficient (Wildman–Crippen LogP) is 5.19. The molecule has 0 fully saturated rings. The fourth-order valence-corrected chi connectivity index (χ4v) is 3.59. The topological polar surface area (TPSA) is 94.3 Å². The van der Waals surface area contributed by atoms with E-state index in [-0.39, 0.29) is 12.4 Å². The minimum atomic E-state index is -0.993. The third kappa shape index (κ3) is 6.20. The normalized spacial score (nSPS) is 12.1. The average molecular weight is 482 g/mol. The SMILES string of the molecule is Cc1ccc(C(=O)c2nc(-c3ccccn3)cn2C/C=C/c2cccc(CO[C@@H](C)C(=O)O)c2)cc1. The third-order valence-electron chi connectivity index (χ3n) is 5.63. The van der Waals surface area contributed by atoms with Crippen molar-refractivity contribution in [2.24, 2.45) is 0 Å². The number of carboxylic acid groups (broad SMARTS) is 1. The highest BCUT2D eigenvalue weighted by atomic mass is 16.5. The summed E-state index contributed by atoms with van der Waals surface area (Å²) in [6.07, 6.45) is 6.57. The van der Waals surface area contributed by atoms with E-state index in [0.717, 1.165) is 16.7 Å². The van der Waals surface area contributed by atoms with Crippen molar-refractivity contribution in [1.82, 2.24) is 14.5 Å². The first-order valence-corrected chi connectivity index (χ1v) is 11.6. The number of allylic oxidation sites excluding steroid dienone is 1. The zero-order chi connectivity index (χ0) is 25.5. The molecular formula is C29H27N3O4. The Hall–Kier alpha value is -4.36. The molecule has 0 bridgehead atoms. The maximum Gasteiger partial charge on any atom is 0.332 e. The van der Waals surface area contributed by atoms with Crippen molar-refractivity contribution < 1.29 is 19.4 Å². The minimum absolute atomic E-state index is 0.155. The number of hydrogen-bond donors (Lipinski definition) is 1. The van der Waals surface area contributed by atoms with Gasteiger partial charge < -0.3 is 14.4 Å². The summed E-state index contributed by atoms with van der Waals surface area (Å²) in [4.78, 5) is 33.3. The van der Waals surface area contributed by atoms with Gasteiger partial charge in [-0.1, -0.05) is 66.2 Å². The van der Waals surface area contributed by atoms with E-state index in [1.165, 1.54) is 6.92 Å². The molecule has 2 aromatic heterocycles. The number of aryl methyl sites for hydroxylation is 1. The van der Waals surface area contributed by atoms with Crippen molar-refractivity contribution in [2.45, 2.75) is 33.1 Å². The molecule has 0 radical (unpaired) electrons. The van der Waals surface area contributed by atoms with Gasteiger partial charge in [-0.05, 0) is 43.2 Å². The van der Waals surface area contributed by atoms with Gasteiger partial charge in [0.05, 0.1) is 12.3 Å². The summed E-state index contributed by atoms with van der Waals surface area (Å²) >= 11 is 0. The predicted molar refractivity (Wildman–Crippen MR) is 137 cm³/mol. The second kappa shape index (κ2) is 11.4. The van der Waals surface area contributed by atoms with Gasteiger partial charge in [-0.2, -0.15) is 0 Å². The molecule has 1 N–H and O–H groups in total. The number of hydrogen-bond acceptors (Lipinski definition) is 5. The van der Waals surface area contributed by atoms with Gasteiger partial charge in [0, 0.05) is 24.5 Å². The summed E-state index contributed by atoms with van der Waals surface area (Å²) in [7, 11) is 0. The van der Waals surface area contributed by atoms with Crippen LogP contribution in [0.1, 0.15) is 39.8 Å². The highest BCUT2D eigenvalue weighted by Gasteiger charge is 2.18. The number of pyridine rings is 1. The van der Waals surface area contributed by atoms with E-state index in [1.807, 2.05) is 96.6 Å². The summed E-state index contributed by atoms with van der Waals surface area (Å²) in [5.41, 5.74) is 4.80. The molecule has 0 saturated carbocycles. The average Bonchev–Trinajstić information content (AvgIpc) is 3.32. The van der Waals surface area contributed by atoms with Crippen molar-refractivity contribution in [1.29, 1.82) is 0 Å². The number of carbonyl (C=O) groups is 2. The van der Waals surface area contributed by atoms with E-state index in [4.69, 9.17) is 9.84 Å². The van der Waals surface area contributed by atoms with Gasteiger partial charge in [0.25, 0.3) is 0 Å². The van der Waals surface area contributed by atoms with E-state index < -0.39 is 12.1 Å². The zero-order valence-electron chi connectivity index (χ0n) is 20.2. The third-order valence-corrected chi connectivity index (χ3v) is 5.63. The van der Waals surface area contributed by atoms with Crippen LogP contribution in [-0.2, 0) is 22.7 Å². The van der Waals surface area contributed by atoms with Crippen LogP contribution in [-0.4, -0.2) is 37.5 Å². The van der Waals surface area contributed by atoms with Crippen LogP contribution >= 0.6 is 0 Å². The smallest absolute Gasteiger partial charge is 0.332 e. The van der Waals surface area contributed by atoms with Crippen LogP contribution in [0.4, 0.5) is 0 Å². The molecule has 0 aliphatic rings. The van der Waals surface area contributed by atoms with Gasteiger partial charge in [-0.15, -0.1) is 0 Å². The standard InChI is InChI=1S/C29H27N3O4/c1-20-11-13-24(14-12-20)27(33)28-31-26(25-10-3-4-15-30-25)18-32(28)16-6-9-22-7-5-8-23(17-22)19-36-21(2)29(34)35/h3-15,17-18,21H,16,19H2,1-2H3,(H,34,35)/b9-6+/t21-/m0/s1. The minimum Gasteiger partial charge on any atom is -0.479 e. The highest BCUT2D eigenvalue weighted by Crippen LogP contribution is 2.19. The number of ether oxygens (including phenoxy) is 1. The molecule has 7 nitrogen and oxygen atoms in total. The van der Waals surface area contributed by atoms with E-state index in [2.05, 4.69) is 9.97 Å². The lowest BCUT2D eigenvalue weighted by Gasteiger charge is -2.08. The summed E-state index contributed by atoms with van der Waals surface area (Å²) in [5.74, 6) is -0.807. The van der Waals surface area contributed by atoms with Gasteiger partial charge in [0.1, 0.15) is 5.69 Å². The van der Waals surface area contributed by atoms with E-state index >= 15 is 0 Å². The van der Waals surface area contributed by atoms with Crippen molar-refractivity contribution in [3.63, 3.8) is 0 Å². The Morgan fingerprint density at radius 3 is 2.58 bits per heavy atom. The summed E-state index contributed by atoms with van der Waals surface area (Å²) < 4.78 is 7.20. The maximum absolute atomic E-state index is 13.3. The fourth-order valence-electron chi connectivity index (χ4n) is 3.59. The number of imidazole rings is 1. The number of carboxylic acids is 1. The Morgan fingerprint density at radius 2 is 1.86 bits per heavy atom. The molecule has 36 heavy (non-hydrogen) atoms. The molecule has 0 aliphatic carbocycles. The summed E-state index contributed by atoms with van der Waals surface area (Å²) in [6.45, 7) is 4.13. The lowest BCUT2D eigenvalue weighted by atomic mass is 10.1. The van der Waals surface area contributed by atoms with Gasteiger partial charge in [-0.25, -0.2) is 9.78 Å². The molecule has 4 aromatic rings. The Morgan fingerprint density at radius 1 is 1.06 bits per heavy atom. The molecule has 2 heterocycles. The molecule has 0 aliphatic heterocycles. The lowest BCUT2D eigenvalue weighted by molar-refractivity contribution is -0.149. The Labute approximate surface area is 209 Å². The van der Waals surface area contributed by atoms with Crippen LogP contribution in [0.25, 0.3) is 17.5 Å². The van der Waals surface area contributed by atoms with Gasteiger partial charge >= 0.3 is 5.97 Å². The number of rotatable bonds is 10. The van der Waals surface area contributed by atoms with Crippen molar-refractivity contribution in [3.8, 4) is 11.4 Å². The first-order valence-electron chi connectivity index (χ1n) is 11.6. The number of benzene rings is 2. The lowest BCUT2D eigenvalue weighted by Crippen LogP contribution is -2.19. The summed E-state index contributed by atoms with van der Waals surface area (Å²) in [6, 6.07) is 20.7. The number of aromatic nitrogens is 3.